The fraction of sp³-hybridized carbons (Fsp3) is 0.500. The van der Waals surface area contributed by atoms with E-state index >= 15 is 0 Å². The van der Waals surface area contributed by atoms with E-state index in [1.807, 2.05) is 0 Å². The van der Waals surface area contributed by atoms with Crippen LogP contribution in [-0.2, 0) is 0 Å². The minimum absolute atomic E-state index is 0.332. The smallest absolute Gasteiger partial charge is 0.276 e. The van der Waals surface area contributed by atoms with Crippen LogP contribution in [0.3, 0.4) is 0 Å². The highest BCUT2D eigenvalue weighted by Gasteiger charge is 2.26. The Kier molecular flexibility index (Phi) is 3.29. The molecule has 14 heavy (non-hydrogen) atoms. The number of nitrogens with zero attached hydrogens (tertiary/aromatic N) is 2. The van der Waals surface area contributed by atoms with E-state index in [-0.39, 0.29) is 0 Å². The predicted octanol–water partition coefficient (Wildman–Crippen LogP) is 0.791. The molecule has 0 aliphatic carbocycles. The van der Waals surface area contributed by atoms with E-state index in [2.05, 4.69) is 15.5 Å². The second-order valence-electron chi connectivity index (χ2n) is 3.03. The van der Waals surface area contributed by atoms with Crippen LogP contribution in [0, 0.1) is 6.92 Å². The fourth-order valence-electron chi connectivity index (χ4n) is 0.842. The van der Waals surface area contributed by atoms with E-state index < -0.39 is 19.0 Å². The highest BCUT2D eigenvalue weighted by molar-refractivity contribution is 5.35. The molecule has 0 bridgehead atoms. The van der Waals surface area contributed by atoms with Crippen molar-refractivity contribution < 1.29 is 8.78 Å². The molecule has 0 atom stereocenters. The molecule has 4 nitrogen and oxygen atoms in total. The molecule has 6 heteroatoms. The summed E-state index contributed by atoms with van der Waals surface area (Å²) in [5.74, 6) is -2.58. The van der Waals surface area contributed by atoms with Crippen LogP contribution >= 0.6 is 0 Å². The zero-order chi connectivity index (χ0) is 10.6. The van der Waals surface area contributed by atoms with Gasteiger partial charge in [0.15, 0.2) is 0 Å². The lowest BCUT2D eigenvalue weighted by atomic mass is 10.3. The number of halogens is 2. The van der Waals surface area contributed by atoms with Crippen molar-refractivity contribution in [2.24, 2.45) is 5.73 Å². The molecule has 0 aliphatic heterocycles. The fourth-order valence-corrected chi connectivity index (χ4v) is 0.842. The van der Waals surface area contributed by atoms with Gasteiger partial charge in [-0.1, -0.05) is 0 Å². The van der Waals surface area contributed by atoms with Crippen molar-refractivity contribution in [3.63, 3.8) is 0 Å². The third kappa shape index (κ3) is 3.21. The van der Waals surface area contributed by atoms with Crippen molar-refractivity contribution in [3.8, 4) is 0 Å². The van der Waals surface area contributed by atoms with Crippen LogP contribution in [0.5, 0.6) is 0 Å². The number of nitrogens with one attached hydrogen (secondary N) is 1. The zero-order valence-corrected chi connectivity index (χ0v) is 7.80. The molecular weight excluding hydrogens is 190 g/mol. The molecule has 0 spiro atoms. The summed E-state index contributed by atoms with van der Waals surface area (Å²) in [5.41, 5.74) is 5.73. The van der Waals surface area contributed by atoms with Gasteiger partial charge in [-0.05, 0) is 18.6 Å². The molecule has 0 fully saturated rings. The lowest BCUT2D eigenvalue weighted by molar-refractivity contribution is 0.0253. The Balaban J connectivity index is 2.54. The molecule has 1 aromatic rings. The van der Waals surface area contributed by atoms with E-state index in [4.69, 9.17) is 5.73 Å². The van der Waals surface area contributed by atoms with Gasteiger partial charge in [0.05, 0.1) is 19.3 Å². The standard InChI is InChI=1S/C8H12F2N4/c1-6-2-7(14-13-3-6)12-5-8(9,10)4-11/h2-3H,4-5,11H2,1H3,(H,12,14). The van der Waals surface area contributed by atoms with Crippen LogP contribution in [0.2, 0.25) is 0 Å². The van der Waals surface area contributed by atoms with Crippen LogP contribution in [0.15, 0.2) is 12.3 Å². The first-order valence-corrected chi connectivity index (χ1v) is 4.14. The van der Waals surface area contributed by atoms with Gasteiger partial charge in [-0.2, -0.15) is 5.10 Å². The minimum atomic E-state index is -2.91. The third-order valence-corrected chi connectivity index (χ3v) is 1.62. The van der Waals surface area contributed by atoms with Crippen LogP contribution in [0.25, 0.3) is 0 Å². The minimum Gasteiger partial charge on any atom is -0.362 e. The van der Waals surface area contributed by atoms with E-state index in [1.165, 1.54) is 0 Å². The molecule has 1 aromatic heterocycles. The zero-order valence-electron chi connectivity index (χ0n) is 7.80. The molecule has 1 heterocycles. The average Bonchev–Trinajstić information content (AvgIpc) is 2.15. The normalized spacial score (nSPS) is 11.4. The Morgan fingerprint density at radius 2 is 2.29 bits per heavy atom. The quantitative estimate of drug-likeness (QED) is 0.757. The second-order valence-corrected chi connectivity index (χ2v) is 3.03. The lowest BCUT2D eigenvalue weighted by Crippen LogP contribution is -2.35. The number of hydrogen-bond acceptors (Lipinski definition) is 4. The van der Waals surface area contributed by atoms with Gasteiger partial charge in [0, 0.05) is 0 Å². The molecule has 0 saturated carbocycles. The van der Waals surface area contributed by atoms with Crippen LogP contribution in [0.1, 0.15) is 5.56 Å². The van der Waals surface area contributed by atoms with E-state index in [0.29, 0.717) is 5.82 Å². The Hall–Kier alpha value is -1.30. The summed E-state index contributed by atoms with van der Waals surface area (Å²) in [6.45, 7) is 0.599. The van der Waals surface area contributed by atoms with Gasteiger partial charge < -0.3 is 11.1 Å². The summed E-state index contributed by atoms with van der Waals surface area (Å²) >= 11 is 0. The van der Waals surface area contributed by atoms with Crippen LogP contribution in [0.4, 0.5) is 14.6 Å². The Morgan fingerprint density at radius 1 is 1.57 bits per heavy atom. The van der Waals surface area contributed by atoms with Gasteiger partial charge in [-0.15, -0.1) is 5.10 Å². The number of anilines is 1. The summed E-state index contributed by atoms with van der Waals surface area (Å²) in [4.78, 5) is 0. The maximum Gasteiger partial charge on any atom is 0.276 e. The number of aryl methyl sites for hydroxylation is 1. The molecule has 0 radical (unpaired) electrons. The van der Waals surface area contributed by atoms with Crippen LogP contribution < -0.4 is 11.1 Å². The van der Waals surface area contributed by atoms with Gasteiger partial charge in [-0.25, -0.2) is 8.78 Å². The third-order valence-electron chi connectivity index (χ3n) is 1.62. The largest absolute Gasteiger partial charge is 0.362 e. The van der Waals surface area contributed by atoms with E-state index in [1.54, 1.807) is 19.2 Å². The molecule has 0 amide bonds. The van der Waals surface area contributed by atoms with Gasteiger partial charge in [-0.3, -0.25) is 0 Å². The number of hydrogen-bond donors (Lipinski definition) is 2. The first-order chi connectivity index (χ1) is 6.53. The van der Waals surface area contributed by atoms with Gasteiger partial charge in [0.25, 0.3) is 5.92 Å². The molecule has 0 aromatic carbocycles. The van der Waals surface area contributed by atoms with Crippen molar-refractivity contribution in [2.45, 2.75) is 12.8 Å². The topological polar surface area (TPSA) is 63.8 Å². The molecule has 0 aliphatic rings. The highest BCUT2D eigenvalue weighted by atomic mass is 19.3. The SMILES string of the molecule is Cc1cnnc(NCC(F)(F)CN)c1. The Bertz CT molecular complexity index is 303. The predicted molar refractivity (Wildman–Crippen MR) is 49.3 cm³/mol. The summed E-state index contributed by atoms with van der Waals surface area (Å²) in [6.07, 6.45) is 1.55. The van der Waals surface area contributed by atoms with Crippen molar-refractivity contribution >= 4 is 5.82 Å². The maximum atomic E-state index is 12.7. The van der Waals surface area contributed by atoms with Gasteiger partial charge >= 0.3 is 0 Å². The van der Waals surface area contributed by atoms with Crippen LogP contribution in [-0.4, -0.2) is 29.2 Å². The number of nitrogens with two attached hydrogens (primary N) is 1. The Morgan fingerprint density at radius 3 is 2.86 bits per heavy atom. The molecular formula is C8H12F2N4. The maximum absolute atomic E-state index is 12.7. The van der Waals surface area contributed by atoms with Gasteiger partial charge in [0.2, 0.25) is 0 Å². The number of aromatic nitrogens is 2. The van der Waals surface area contributed by atoms with Crippen molar-refractivity contribution in [1.29, 1.82) is 0 Å². The highest BCUT2D eigenvalue weighted by Crippen LogP contribution is 2.12. The first-order valence-electron chi connectivity index (χ1n) is 4.14. The molecule has 0 unspecified atom stereocenters. The molecule has 1 rings (SSSR count). The Labute approximate surface area is 80.5 Å². The van der Waals surface area contributed by atoms with E-state index in [0.717, 1.165) is 5.56 Å². The second kappa shape index (κ2) is 4.28. The number of rotatable bonds is 4. The van der Waals surface area contributed by atoms with Crippen molar-refractivity contribution in [2.75, 3.05) is 18.4 Å². The summed E-state index contributed by atoms with van der Waals surface area (Å²) in [7, 11) is 0. The van der Waals surface area contributed by atoms with Crippen molar-refractivity contribution in [1.82, 2.24) is 10.2 Å². The molecule has 3 N–H and O–H groups in total. The monoisotopic (exact) mass is 202 g/mol. The van der Waals surface area contributed by atoms with Gasteiger partial charge in [0.1, 0.15) is 5.82 Å². The van der Waals surface area contributed by atoms with E-state index in [9.17, 15) is 8.78 Å². The average molecular weight is 202 g/mol. The summed E-state index contributed by atoms with van der Waals surface area (Å²) in [6, 6.07) is 1.64. The lowest BCUT2D eigenvalue weighted by Gasteiger charge is -2.14. The summed E-state index contributed by atoms with van der Waals surface area (Å²) < 4.78 is 25.4. The molecule has 78 valence electrons. The first kappa shape index (κ1) is 10.8. The molecule has 0 saturated heterocycles. The van der Waals surface area contributed by atoms with Crippen molar-refractivity contribution in [3.05, 3.63) is 17.8 Å². The number of alkyl halides is 2. The summed E-state index contributed by atoms with van der Waals surface area (Å²) in [5, 5.41) is 9.74.